The van der Waals surface area contributed by atoms with Gasteiger partial charge in [0, 0.05) is 23.4 Å². The Bertz CT molecular complexity index is 511. The van der Waals surface area contributed by atoms with Crippen molar-refractivity contribution in [3.8, 4) is 0 Å². The molecule has 0 spiro atoms. The Hall–Kier alpha value is -0.520. The Balaban J connectivity index is 1.84. The average Bonchev–Trinajstić information content (AvgIpc) is 2.95. The molecule has 5 heteroatoms. The van der Waals surface area contributed by atoms with E-state index in [1.54, 1.807) is 11.3 Å². The van der Waals surface area contributed by atoms with Crippen LogP contribution in [0.15, 0.2) is 16.6 Å². The lowest BCUT2D eigenvalue weighted by Crippen LogP contribution is -2.11. The van der Waals surface area contributed by atoms with Gasteiger partial charge in [-0.05, 0) is 19.9 Å². The largest absolute Gasteiger partial charge is 0.314 e. The number of hydrogen-bond acceptors (Lipinski definition) is 4. The number of aromatic nitrogens is 2. The molecule has 1 saturated carbocycles. The Kier molecular flexibility index (Phi) is 3.91. The van der Waals surface area contributed by atoms with E-state index in [2.05, 4.69) is 21.3 Å². The normalized spacial score (nSPS) is 17.6. The van der Waals surface area contributed by atoms with E-state index in [9.17, 15) is 0 Å². The molecule has 0 amide bonds. The minimum Gasteiger partial charge on any atom is -0.314 e. The molecule has 0 aromatic carbocycles. The van der Waals surface area contributed by atoms with Gasteiger partial charge in [-0.25, -0.2) is 4.98 Å². The second-order valence-corrected chi connectivity index (χ2v) is 6.99. The van der Waals surface area contributed by atoms with Gasteiger partial charge in [0.25, 0.3) is 0 Å². The summed E-state index contributed by atoms with van der Waals surface area (Å²) in [6.45, 7) is 0.896. The first kappa shape index (κ1) is 12.5. The fourth-order valence-electron chi connectivity index (χ4n) is 2.58. The highest BCUT2D eigenvalue weighted by Gasteiger charge is 2.19. The number of thioether (sulfide) groups is 1. The van der Waals surface area contributed by atoms with Gasteiger partial charge in [-0.2, -0.15) is 0 Å². The van der Waals surface area contributed by atoms with Gasteiger partial charge in [0.05, 0.1) is 5.69 Å². The van der Waals surface area contributed by atoms with Crippen LogP contribution >= 0.6 is 23.1 Å². The molecule has 0 saturated heterocycles. The average molecular weight is 281 g/mol. The van der Waals surface area contributed by atoms with Crippen LogP contribution in [0.25, 0.3) is 4.96 Å². The van der Waals surface area contributed by atoms with E-state index < -0.39 is 0 Å². The molecule has 3 rings (SSSR count). The van der Waals surface area contributed by atoms with Crippen LogP contribution in [0.5, 0.6) is 0 Å². The summed E-state index contributed by atoms with van der Waals surface area (Å²) >= 11 is 3.72. The van der Waals surface area contributed by atoms with Crippen LogP contribution in [0, 0.1) is 0 Å². The monoisotopic (exact) mass is 281 g/mol. The second kappa shape index (κ2) is 5.63. The van der Waals surface area contributed by atoms with Gasteiger partial charge in [0.1, 0.15) is 5.03 Å². The van der Waals surface area contributed by atoms with Gasteiger partial charge in [0.2, 0.25) is 0 Å². The van der Waals surface area contributed by atoms with E-state index in [0.29, 0.717) is 0 Å². The van der Waals surface area contributed by atoms with Gasteiger partial charge in [-0.15, -0.1) is 23.1 Å². The number of thiazole rings is 1. The molecule has 0 unspecified atom stereocenters. The van der Waals surface area contributed by atoms with Crippen LogP contribution in [-0.2, 0) is 6.54 Å². The third-order valence-corrected chi connectivity index (χ3v) is 5.61. The second-order valence-electron chi connectivity index (χ2n) is 4.83. The molecule has 2 aromatic rings. The summed E-state index contributed by atoms with van der Waals surface area (Å²) < 4.78 is 2.23. The first-order valence-electron chi connectivity index (χ1n) is 6.64. The lowest BCUT2D eigenvalue weighted by molar-refractivity contribution is 0.515. The molecule has 18 heavy (non-hydrogen) atoms. The summed E-state index contributed by atoms with van der Waals surface area (Å²) in [4.78, 5) is 5.91. The molecule has 0 aliphatic heterocycles. The minimum absolute atomic E-state index is 0.777. The van der Waals surface area contributed by atoms with Crippen molar-refractivity contribution in [1.29, 1.82) is 0 Å². The van der Waals surface area contributed by atoms with Crippen LogP contribution in [0.3, 0.4) is 0 Å². The molecule has 0 atom stereocenters. The van der Waals surface area contributed by atoms with E-state index in [-0.39, 0.29) is 0 Å². The summed E-state index contributed by atoms with van der Waals surface area (Å²) in [6.07, 6.45) is 9.04. The first-order valence-corrected chi connectivity index (χ1v) is 8.40. The lowest BCUT2D eigenvalue weighted by Gasteiger charge is -2.20. The number of hydrogen-bond donors (Lipinski definition) is 1. The molecule has 1 N–H and O–H groups in total. The molecular formula is C13H19N3S2. The molecule has 1 fully saturated rings. The third-order valence-electron chi connectivity index (χ3n) is 3.50. The zero-order valence-electron chi connectivity index (χ0n) is 10.7. The SMILES string of the molecule is CNCc1c(SC2CCCCC2)nc2sccn12. The number of rotatable bonds is 4. The smallest absolute Gasteiger partial charge is 0.194 e. The van der Waals surface area contributed by atoms with E-state index in [1.807, 2.05) is 18.8 Å². The number of nitrogens with zero attached hydrogens (tertiary/aromatic N) is 2. The van der Waals surface area contributed by atoms with Crippen LogP contribution < -0.4 is 5.32 Å². The Labute approximate surface area is 116 Å². The maximum Gasteiger partial charge on any atom is 0.194 e. The predicted octanol–water partition coefficient (Wildman–Crippen LogP) is 3.54. The Morgan fingerprint density at radius 3 is 3.06 bits per heavy atom. The summed E-state index contributed by atoms with van der Waals surface area (Å²) in [6, 6.07) is 0. The maximum atomic E-state index is 4.79. The van der Waals surface area contributed by atoms with Crippen LogP contribution in [0.4, 0.5) is 0 Å². The van der Waals surface area contributed by atoms with Crippen LogP contribution in [-0.4, -0.2) is 21.7 Å². The molecule has 0 bridgehead atoms. The van der Waals surface area contributed by atoms with Gasteiger partial charge in [-0.1, -0.05) is 19.3 Å². The number of fused-ring (bicyclic) bond motifs is 1. The van der Waals surface area contributed by atoms with Crippen molar-refractivity contribution in [2.45, 2.75) is 48.9 Å². The van der Waals surface area contributed by atoms with Crippen LogP contribution in [0.1, 0.15) is 37.8 Å². The van der Waals surface area contributed by atoms with Crippen molar-refractivity contribution < 1.29 is 0 Å². The molecule has 1 aliphatic rings. The first-order chi connectivity index (χ1) is 8.88. The van der Waals surface area contributed by atoms with Gasteiger partial charge >= 0.3 is 0 Å². The molecule has 0 radical (unpaired) electrons. The highest BCUT2D eigenvalue weighted by atomic mass is 32.2. The Morgan fingerprint density at radius 1 is 1.44 bits per heavy atom. The van der Waals surface area contributed by atoms with E-state index >= 15 is 0 Å². The molecule has 2 aromatic heterocycles. The predicted molar refractivity (Wildman–Crippen MR) is 78.6 cm³/mol. The standard InChI is InChI=1S/C13H19N3S2/c1-14-9-11-12(15-13-16(11)7-8-17-13)18-10-5-3-2-4-6-10/h7-8,10,14H,2-6,9H2,1H3. The fraction of sp³-hybridized carbons (Fsp3) is 0.615. The van der Waals surface area contributed by atoms with Gasteiger partial charge in [0.15, 0.2) is 4.96 Å². The summed E-state index contributed by atoms with van der Waals surface area (Å²) in [5, 5.41) is 7.38. The molecular weight excluding hydrogens is 262 g/mol. The van der Waals surface area contributed by atoms with Gasteiger partial charge < -0.3 is 5.32 Å². The quantitative estimate of drug-likeness (QED) is 0.929. The van der Waals surface area contributed by atoms with Crippen molar-refractivity contribution in [3.05, 3.63) is 17.3 Å². The van der Waals surface area contributed by atoms with Crippen molar-refractivity contribution in [3.63, 3.8) is 0 Å². The van der Waals surface area contributed by atoms with Crippen molar-refractivity contribution in [1.82, 2.24) is 14.7 Å². The van der Waals surface area contributed by atoms with Gasteiger partial charge in [-0.3, -0.25) is 4.40 Å². The van der Waals surface area contributed by atoms with E-state index in [1.165, 1.54) is 42.8 Å². The topological polar surface area (TPSA) is 29.3 Å². The summed E-state index contributed by atoms with van der Waals surface area (Å²) in [7, 11) is 2.00. The van der Waals surface area contributed by atoms with Crippen molar-refractivity contribution in [2.24, 2.45) is 0 Å². The van der Waals surface area contributed by atoms with E-state index in [0.717, 1.165) is 16.8 Å². The fourth-order valence-corrected chi connectivity index (χ4v) is 4.70. The zero-order chi connectivity index (χ0) is 12.4. The highest BCUT2D eigenvalue weighted by molar-refractivity contribution is 7.99. The van der Waals surface area contributed by atoms with Crippen LogP contribution in [0.2, 0.25) is 0 Å². The highest BCUT2D eigenvalue weighted by Crippen LogP contribution is 2.35. The molecule has 1 aliphatic carbocycles. The number of imidazole rings is 1. The van der Waals surface area contributed by atoms with Crippen molar-refractivity contribution >= 4 is 28.1 Å². The minimum atomic E-state index is 0.777. The summed E-state index contributed by atoms with van der Waals surface area (Å²) in [5.41, 5.74) is 1.32. The zero-order valence-corrected chi connectivity index (χ0v) is 12.3. The molecule has 2 heterocycles. The molecule has 98 valence electrons. The summed E-state index contributed by atoms with van der Waals surface area (Å²) in [5.74, 6) is 0. The number of nitrogens with one attached hydrogen (secondary N) is 1. The van der Waals surface area contributed by atoms with Crippen molar-refractivity contribution in [2.75, 3.05) is 7.05 Å². The van der Waals surface area contributed by atoms with E-state index in [4.69, 9.17) is 4.98 Å². The lowest BCUT2D eigenvalue weighted by atomic mass is 10.0. The molecule has 3 nitrogen and oxygen atoms in total. The third kappa shape index (κ3) is 2.44. The maximum absolute atomic E-state index is 4.79. The Morgan fingerprint density at radius 2 is 2.28 bits per heavy atom.